The van der Waals surface area contributed by atoms with Gasteiger partial charge in [0.15, 0.2) is 5.96 Å². The van der Waals surface area contributed by atoms with E-state index in [-0.39, 0.29) is 22.9 Å². The van der Waals surface area contributed by atoms with Crippen molar-refractivity contribution in [2.24, 2.45) is 16.5 Å². The predicted molar refractivity (Wildman–Crippen MR) is 84.5 cm³/mol. The minimum absolute atomic E-state index is 0. The smallest absolute Gasteiger partial charge is 0.212 e. The van der Waals surface area contributed by atoms with E-state index in [2.05, 4.69) is 9.98 Å². The maximum atomic E-state index is 5.38. The SMILES string of the molecule is Br.CCOc1ccc(-c2csc(N=C(N)N)n2)cc1. The molecule has 0 aliphatic heterocycles. The summed E-state index contributed by atoms with van der Waals surface area (Å²) in [6, 6.07) is 7.75. The highest BCUT2D eigenvalue weighted by Crippen LogP contribution is 2.27. The highest BCUT2D eigenvalue weighted by atomic mass is 79.9. The number of nitrogens with two attached hydrogens (primary N) is 2. The van der Waals surface area contributed by atoms with Gasteiger partial charge in [0.25, 0.3) is 0 Å². The fourth-order valence-electron chi connectivity index (χ4n) is 1.45. The van der Waals surface area contributed by atoms with Crippen LogP contribution in [0.4, 0.5) is 5.13 Å². The highest BCUT2D eigenvalue weighted by molar-refractivity contribution is 8.93. The van der Waals surface area contributed by atoms with Gasteiger partial charge < -0.3 is 16.2 Å². The van der Waals surface area contributed by atoms with E-state index in [0.717, 1.165) is 17.0 Å². The Hall–Kier alpha value is -1.60. The van der Waals surface area contributed by atoms with E-state index in [1.807, 2.05) is 36.6 Å². The van der Waals surface area contributed by atoms with Crippen molar-refractivity contribution in [3.63, 3.8) is 0 Å². The van der Waals surface area contributed by atoms with Crippen molar-refractivity contribution in [2.45, 2.75) is 6.92 Å². The highest BCUT2D eigenvalue weighted by Gasteiger charge is 2.04. The number of halogens is 1. The van der Waals surface area contributed by atoms with E-state index in [4.69, 9.17) is 16.2 Å². The lowest BCUT2D eigenvalue weighted by Crippen LogP contribution is -2.21. The van der Waals surface area contributed by atoms with Crippen molar-refractivity contribution in [3.8, 4) is 17.0 Å². The minimum atomic E-state index is 0. The number of aliphatic imine (C=N–C) groups is 1. The predicted octanol–water partition coefficient (Wildman–Crippen LogP) is 2.69. The summed E-state index contributed by atoms with van der Waals surface area (Å²) in [7, 11) is 0. The molecule has 5 nitrogen and oxygen atoms in total. The summed E-state index contributed by atoms with van der Waals surface area (Å²) in [6.45, 7) is 2.61. The first kappa shape index (κ1) is 15.5. The van der Waals surface area contributed by atoms with Gasteiger partial charge in [0.1, 0.15) is 5.75 Å². The van der Waals surface area contributed by atoms with Gasteiger partial charge in [0, 0.05) is 10.9 Å². The summed E-state index contributed by atoms with van der Waals surface area (Å²) in [5, 5.41) is 2.47. The number of hydrogen-bond acceptors (Lipinski definition) is 4. The Kier molecular flexibility index (Phi) is 5.78. The summed E-state index contributed by atoms with van der Waals surface area (Å²) in [5.41, 5.74) is 12.5. The molecule has 4 N–H and O–H groups in total. The van der Waals surface area contributed by atoms with E-state index >= 15 is 0 Å². The molecule has 0 amide bonds. The van der Waals surface area contributed by atoms with Gasteiger partial charge in [0.05, 0.1) is 12.3 Å². The third kappa shape index (κ3) is 4.22. The van der Waals surface area contributed by atoms with Crippen LogP contribution in [-0.2, 0) is 0 Å². The number of hydrogen-bond donors (Lipinski definition) is 2. The number of benzene rings is 1. The largest absolute Gasteiger partial charge is 0.494 e. The van der Waals surface area contributed by atoms with E-state index in [9.17, 15) is 0 Å². The summed E-state index contributed by atoms with van der Waals surface area (Å²) in [4.78, 5) is 8.23. The standard InChI is InChI=1S/C12H14N4OS.BrH/c1-2-17-9-5-3-8(4-6-9)10-7-18-12(15-10)16-11(13)14;/h3-7H,2H2,1H3,(H4,13,14,15,16);1H. The van der Waals surface area contributed by atoms with Gasteiger partial charge in [-0.25, -0.2) is 4.98 Å². The summed E-state index contributed by atoms with van der Waals surface area (Å²) >= 11 is 1.40. The van der Waals surface area contributed by atoms with Crippen molar-refractivity contribution in [1.29, 1.82) is 0 Å². The molecule has 2 aromatic rings. The van der Waals surface area contributed by atoms with Crippen LogP contribution in [0.5, 0.6) is 5.75 Å². The van der Waals surface area contributed by atoms with Gasteiger partial charge in [-0.1, -0.05) is 0 Å². The first-order valence-electron chi connectivity index (χ1n) is 5.47. The van der Waals surface area contributed by atoms with Crippen LogP contribution in [-0.4, -0.2) is 17.6 Å². The minimum Gasteiger partial charge on any atom is -0.494 e. The van der Waals surface area contributed by atoms with Crippen LogP contribution in [0.3, 0.4) is 0 Å². The van der Waals surface area contributed by atoms with Crippen LogP contribution >= 0.6 is 28.3 Å². The van der Waals surface area contributed by atoms with Crippen LogP contribution in [0, 0.1) is 0 Å². The topological polar surface area (TPSA) is 86.5 Å². The molecule has 0 aliphatic carbocycles. The van der Waals surface area contributed by atoms with E-state index < -0.39 is 0 Å². The van der Waals surface area contributed by atoms with Gasteiger partial charge in [-0.2, -0.15) is 4.99 Å². The van der Waals surface area contributed by atoms with Crippen LogP contribution in [0.25, 0.3) is 11.3 Å². The number of rotatable bonds is 4. The molecule has 1 heterocycles. The molecule has 1 aromatic carbocycles. The number of aromatic nitrogens is 1. The third-order valence-corrected chi connectivity index (χ3v) is 2.91. The number of nitrogens with zero attached hydrogens (tertiary/aromatic N) is 2. The fourth-order valence-corrected chi connectivity index (χ4v) is 2.16. The molecule has 7 heteroatoms. The Bertz CT molecular complexity index is 549. The molecule has 0 radical (unpaired) electrons. The molecule has 0 saturated heterocycles. The molecule has 19 heavy (non-hydrogen) atoms. The molecule has 0 aliphatic rings. The lowest BCUT2D eigenvalue weighted by atomic mass is 10.2. The fraction of sp³-hybridized carbons (Fsp3) is 0.167. The molecule has 0 spiro atoms. The van der Waals surface area contributed by atoms with Crippen LogP contribution < -0.4 is 16.2 Å². The van der Waals surface area contributed by atoms with Crippen molar-refractivity contribution in [3.05, 3.63) is 29.6 Å². The monoisotopic (exact) mass is 342 g/mol. The van der Waals surface area contributed by atoms with Gasteiger partial charge in [-0.05, 0) is 31.2 Å². The molecule has 1 aromatic heterocycles. The first-order chi connectivity index (χ1) is 8.69. The molecule has 0 unspecified atom stereocenters. The van der Waals surface area contributed by atoms with Gasteiger partial charge in [0.2, 0.25) is 5.13 Å². The zero-order chi connectivity index (χ0) is 13.0. The van der Waals surface area contributed by atoms with Crippen molar-refractivity contribution < 1.29 is 4.74 Å². The molecular weight excluding hydrogens is 328 g/mol. The summed E-state index contributed by atoms with van der Waals surface area (Å²) < 4.78 is 5.38. The van der Waals surface area contributed by atoms with E-state index in [1.54, 1.807) is 0 Å². The molecule has 2 rings (SSSR count). The number of guanidine groups is 1. The maximum Gasteiger partial charge on any atom is 0.212 e. The summed E-state index contributed by atoms with van der Waals surface area (Å²) in [6.07, 6.45) is 0. The Morgan fingerprint density at radius 1 is 1.32 bits per heavy atom. The summed E-state index contributed by atoms with van der Waals surface area (Å²) in [5.74, 6) is 0.864. The molecule has 0 saturated carbocycles. The molecule has 0 atom stereocenters. The maximum absolute atomic E-state index is 5.38. The molecule has 102 valence electrons. The number of ether oxygens (including phenoxy) is 1. The first-order valence-corrected chi connectivity index (χ1v) is 6.35. The van der Waals surface area contributed by atoms with Crippen LogP contribution in [0.1, 0.15) is 6.92 Å². The Balaban J connectivity index is 0.00000180. The second-order valence-electron chi connectivity index (χ2n) is 3.51. The van der Waals surface area contributed by atoms with Gasteiger partial charge in [-0.3, -0.25) is 0 Å². The number of thiazole rings is 1. The Labute approximate surface area is 126 Å². The second-order valence-corrected chi connectivity index (χ2v) is 4.35. The van der Waals surface area contributed by atoms with Crippen molar-refractivity contribution in [1.82, 2.24) is 4.98 Å². The van der Waals surface area contributed by atoms with E-state index in [1.165, 1.54) is 11.3 Å². The molecule has 0 fully saturated rings. The Morgan fingerprint density at radius 2 is 2.00 bits per heavy atom. The molecular formula is C12H15BrN4OS. The second kappa shape index (κ2) is 7.10. The zero-order valence-electron chi connectivity index (χ0n) is 10.4. The van der Waals surface area contributed by atoms with Crippen molar-refractivity contribution in [2.75, 3.05) is 6.61 Å². The average Bonchev–Trinajstić information content (AvgIpc) is 2.78. The quantitative estimate of drug-likeness (QED) is 0.660. The average molecular weight is 343 g/mol. The Morgan fingerprint density at radius 3 is 2.58 bits per heavy atom. The van der Waals surface area contributed by atoms with Crippen molar-refractivity contribution >= 4 is 39.4 Å². The third-order valence-electron chi connectivity index (χ3n) is 2.18. The van der Waals surface area contributed by atoms with Gasteiger partial charge >= 0.3 is 0 Å². The van der Waals surface area contributed by atoms with Crippen LogP contribution in [0.2, 0.25) is 0 Å². The zero-order valence-corrected chi connectivity index (χ0v) is 12.9. The van der Waals surface area contributed by atoms with E-state index in [0.29, 0.717) is 11.7 Å². The lowest BCUT2D eigenvalue weighted by molar-refractivity contribution is 0.340. The lowest BCUT2D eigenvalue weighted by Gasteiger charge is -2.02. The van der Waals surface area contributed by atoms with Crippen LogP contribution in [0.15, 0.2) is 34.6 Å². The molecule has 0 bridgehead atoms. The normalized spacial score (nSPS) is 9.53. The van der Waals surface area contributed by atoms with Gasteiger partial charge in [-0.15, -0.1) is 28.3 Å².